The van der Waals surface area contributed by atoms with E-state index in [1.807, 2.05) is 61.5 Å². The first-order valence-electron chi connectivity index (χ1n) is 8.50. The summed E-state index contributed by atoms with van der Waals surface area (Å²) in [6, 6.07) is 17.5. The Balaban J connectivity index is 1.56. The van der Waals surface area contributed by atoms with Crippen LogP contribution in [0.15, 0.2) is 59.7 Å². The van der Waals surface area contributed by atoms with Gasteiger partial charge in [0.05, 0.1) is 5.92 Å². The van der Waals surface area contributed by atoms with Gasteiger partial charge in [-0.3, -0.25) is 0 Å². The van der Waals surface area contributed by atoms with Crippen molar-refractivity contribution >= 4 is 26.2 Å². The summed E-state index contributed by atoms with van der Waals surface area (Å²) in [6.07, 6.45) is 0. The van der Waals surface area contributed by atoms with Crippen LogP contribution in [0, 0.1) is 6.92 Å². The predicted octanol–water partition coefficient (Wildman–Crippen LogP) is 3.13. The van der Waals surface area contributed by atoms with Gasteiger partial charge in [-0.2, -0.15) is 5.10 Å². The molecule has 138 valence electrons. The molecule has 1 aromatic heterocycles. The Morgan fingerprint density at radius 2 is 1.81 bits per heavy atom. The predicted molar refractivity (Wildman–Crippen MR) is 107 cm³/mol. The third kappa shape index (κ3) is 3.77. The van der Waals surface area contributed by atoms with Gasteiger partial charge in [0.2, 0.25) is 9.84 Å². The van der Waals surface area contributed by atoms with E-state index in [0.717, 1.165) is 16.7 Å². The molecule has 27 heavy (non-hydrogen) atoms. The lowest BCUT2D eigenvalue weighted by Gasteiger charge is -2.11. The van der Waals surface area contributed by atoms with Crippen LogP contribution in [-0.4, -0.2) is 30.2 Å². The largest absolute Gasteiger partial charge is 0.308 e. The molecule has 1 atom stereocenters. The van der Waals surface area contributed by atoms with E-state index in [1.165, 1.54) is 11.3 Å². The summed E-state index contributed by atoms with van der Waals surface area (Å²) >= 11 is 1.30. The van der Waals surface area contributed by atoms with Crippen LogP contribution in [0.4, 0.5) is 0 Å². The highest BCUT2D eigenvalue weighted by Crippen LogP contribution is 2.28. The maximum Gasteiger partial charge on any atom is 0.200 e. The molecule has 6 nitrogen and oxygen atoms in total. The molecule has 2 aromatic carbocycles. The standard InChI is InChI=1S/C19H18N4O2S2/c1-13-7-9-15(10-8-13)18-22-21-17(26-18)12-27(24,25)19-16(11-20-23-19)14-5-3-2-4-6-14/h2-10,16,20H,11-12H2,1H3. The molecule has 8 heteroatoms. The van der Waals surface area contributed by atoms with Gasteiger partial charge in [-0.05, 0) is 12.5 Å². The highest BCUT2D eigenvalue weighted by atomic mass is 32.2. The number of hydrogen-bond acceptors (Lipinski definition) is 7. The van der Waals surface area contributed by atoms with Gasteiger partial charge in [-0.1, -0.05) is 71.5 Å². The monoisotopic (exact) mass is 398 g/mol. The van der Waals surface area contributed by atoms with Crippen LogP contribution in [0.5, 0.6) is 0 Å². The number of benzene rings is 2. The van der Waals surface area contributed by atoms with Crippen molar-refractivity contribution in [2.75, 3.05) is 6.54 Å². The molecule has 2 heterocycles. The van der Waals surface area contributed by atoms with Gasteiger partial charge < -0.3 is 5.43 Å². The molecule has 3 aromatic rings. The van der Waals surface area contributed by atoms with Gasteiger partial charge in [0.25, 0.3) is 0 Å². The molecule has 0 aliphatic carbocycles. The van der Waals surface area contributed by atoms with Gasteiger partial charge in [-0.25, -0.2) is 8.42 Å². The second-order valence-corrected chi connectivity index (χ2v) is 9.40. The number of sulfone groups is 1. The molecule has 0 radical (unpaired) electrons. The van der Waals surface area contributed by atoms with E-state index in [9.17, 15) is 8.42 Å². The summed E-state index contributed by atoms with van der Waals surface area (Å²) in [4.78, 5) is 0. The van der Waals surface area contributed by atoms with E-state index < -0.39 is 9.84 Å². The molecule has 1 aliphatic rings. The first kappa shape index (κ1) is 17.8. The van der Waals surface area contributed by atoms with Crippen molar-refractivity contribution < 1.29 is 8.42 Å². The molecular formula is C19H18N4O2S2. The number of nitrogens with zero attached hydrogens (tertiary/aromatic N) is 3. The first-order valence-corrected chi connectivity index (χ1v) is 11.0. The van der Waals surface area contributed by atoms with Crippen LogP contribution in [0.1, 0.15) is 22.1 Å². The minimum absolute atomic E-state index is 0.167. The van der Waals surface area contributed by atoms with E-state index in [-0.39, 0.29) is 16.7 Å². The van der Waals surface area contributed by atoms with Crippen molar-refractivity contribution in [3.8, 4) is 10.6 Å². The lowest BCUT2D eigenvalue weighted by atomic mass is 10.0. The zero-order chi connectivity index (χ0) is 18.9. The van der Waals surface area contributed by atoms with Crippen LogP contribution in [0.3, 0.4) is 0 Å². The highest BCUT2D eigenvalue weighted by molar-refractivity contribution is 8.05. The van der Waals surface area contributed by atoms with E-state index >= 15 is 0 Å². The van der Waals surface area contributed by atoms with E-state index in [1.54, 1.807) is 0 Å². The normalized spacial score (nSPS) is 16.8. The zero-order valence-electron chi connectivity index (χ0n) is 14.7. The third-order valence-corrected chi connectivity index (χ3v) is 7.20. The van der Waals surface area contributed by atoms with E-state index in [4.69, 9.17) is 0 Å². The van der Waals surface area contributed by atoms with Crippen LogP contribution in [0.25, 0.3) is 10.6 Å². The summed E-state index contributed by atoms with van der Waals surface area (Å²) < 4.78 is 25.9. The molecule has 0 spiro atoms. The van der Waals surface area contributed by atoms with Crippen LogP contribution < -0.4 is 5.43 Å². The Bertz CT molecular complexity index is 1070. The number of rotatable bonds is 4. The SMILES string of the molecule is Cc1ccc(-c2nnc(CS(=O)(=O)C3=NNCC3c3ccccc3)s2)cc1. The summed E-state index contributed by atoms with van der Waals surface area (Å²) in [6.45, 7) is 2.49. The lowest BCUT2D eigenvalue weighted by Crippen LogP contribution is -2.23. The van der Waals surface area contributed by atoms with Gasteiger partial charge >= 0.3 is 0 Å². The van der Waals surface area contributed by atoms with Crippen LogP contribution in [0.2, 0.25) is 0 Å². The Morgan fingerprint density at radius 1 is 1.07 bits per heavy atom. The lowest BCUT2D eigenvalue weighted by molar-refractivity contribution is 0.605. The average molecular weight is 399 g/mol. The first-order chi connectivity index (χ1) is 13.0. The molecule has 0 saturated carbocycles. The molecule has 1 aliphatic heterocycles. The third-order valence-electron chi connectivity index (χ3n) is 4.38. The summed E-state index contributed by atoms with van der Waals surface area (Å²) in [7, 11) is -3.59. The minimum atomic E-state index is -3.59. The Kier molecular flexibility index (Phi) is 4.75. The maximum absolute atomic E-state index is 12.9. The summed E-state index contributed by atoms with van der Waals surface area (Å²) in [5, 5.41) is 13.7. The van der Waals surface area contributed by atoms with Crippen molar-refractivity contribution in [2.24, 2.45) is 5.10 Å². The molecule has 0 amide bonds. The van der Waals surface area contributed by atoms with Crippen molar-refractivity contribution in [3.63, 3.8) is 0 Å². The molecule has 0 saturated heterocycles. The fourth-order valence-electron chi connectivity index (χ4n) is 2.97. The van der Waals surface area contributed by atoms with Crippen molar-refractivity contribution in [2.45, 2.75) is 18.6 Å². The molecule has 1 N–H and O–H groups in total. The molecule has 0 bridgehead atoms. The number of nitrogens with one attached hydrogen (secondary N) is 1. The Labute approximate surface area is 161 Å². The zero-order valence-corrected chi connectivity index (χ0v) is 16.3. The van der Waals surface area contributed by atoms with Gasteiger partial charge in [0.15, 0.2) is 5.04 Å². The van der Waals surface area contributed by atoms with Crippen LogP contribution in [-0.2, 0) is 15.6 Å². The highest BCUT2D eigenvalue weighted by Gasteiger charge is 2.34. The van der Waals surface area contributed by atoms with Crippen molar-refractivity contribution in [3.05, 3.63) is 70.7 Å². The molecular weight excluding hydrogens is 380 g/mol. The fraction of sp³-hybridized carbons (Fsp3) is 0.211. The minimum Gasteiger partial charge on any atom is -0.308 e. The molecule has 1 unspecified atom stereocenters. The summed E-state index contributed by atoms with van der Waals surface area (Å²) in [5.41, 5.74) is 5.85. The second kappa shape index (κ2) is 7.21. The topological polar surface area (TPSA) is 84.3 Å². The van der Waals surface area contributed by atoms with Gasteiger partial charge in [0, 0.05) is 12.1 Å². The van der Waals surface area contributed by atoms with Gasteiger partial charge in [0.1, 0.15) is 15.8 Å². The van der Waals surface area contributed by atoms with Crippen molar-refractivity contribution in [1.29, 1.82) is 0 Å². The van der Waals surface area contributed by atoms with Gasteiger partial charge in [-0.15, -0.1) is 10.2 Å². The number of aromatic nitrogens is 2. The van der Waals surface area contributed by atoms with E-state index in [2.05, 4.69) is 20.7 Å². The van der Waals surface area contributed by atoms with E-state index in [0.29, 0.717) is 16.6 Å². The Hall–Kier alpha value is -2.58. The second-order valence-electron chi connectivity index (χ2n) is 6.40. The Morgan fingerprint density at radius 3 is 2.56 bits per heavy atom. The quantitative estimate of drug-likeness (QED) is 0.730. The molecule has 0 fully saturated rings. The molecule has 4 rings (SSSR count). The average Bonchev–Trinajstić information content (AvgIpc) is 3.33. The van der Waals surface area contributed by atoms with Crippen molar-refractivity contribution in [1.82, 2.24) is 15.6 Å². The fourth-order valence-corrected chi connectivity index (χ4v) is 5.70. The van der Waals surface area contributed by atoms with Crippen LogP contribution >= 0.6 is 11.3 Å². The maximum atomic E-state index is 12.9. The number of hydrogen-bond donors (Lipinski definition) is 1. The summed E-state index contributed by atoms with van der Waals surface area (Å²) in [5.74, 6) is -0.471. The number of hydrazone groups is 1. The smallest absolute Gasteiger partial charge is 0.200 e. The number of aryl methyl sites for hydroxylation is 1.